The Balaban J connectivity index is 1.21. The van der Waals surface area contributed by atoms with Crippen LogP contribution in [0.5, 0.6) is 17.2 Å². The molecule has 9 nitrogen and oxygen atoms in total. The van der Waals surface area contributed by atoms with E-state index >= 15 is 0 Å². The summed E-state index contributed by atoms with van der Waals surface area (Å²) >= 11 is 6.54. The summed E-state index contributed by atoms with van der Waals surface area (Å²) < 4.78 is 42.9. The van der Waals surface area contributed by atoms with Gasteiger partial charge in [0.15, 0.2) is 0 Å². The fourth-order valence-electron chi connectivity index (χ4n) is 4.92. The van der Waals surface area contributed by atoms with Gasteiger partial charge in [-0.05, 0) is 35.9 Å². The molecule has 42 heavy (non-hydrogen) atoms. The summed E-state index contributed by atoms with van der Waals surface area (Å²) in [5, 5.41) is 4.49. The lowest BCUT2D eigenvalue weighted by atomic mass is 10.2. The largest absolute Gasteiger partial charge is 0.492 e. The second kappa shape index (κ2) is 13.5. The molecule has 1 unspecified atom stereocenters. The van der Waals surface area contributed by atoms with Crippen LogP contribution < -0.4 is 19.5 Å². The lowest BCUT2D eigenvalue weighted by Gasteiger charge is -2.26. The molecule has 1 aromatic heterocycles. The molecule has 0 amide bonds. The number of morpholine rings is 1. The Morgan fingerprint density at radius 2 is 1.88 bits per heavy atom. The van der Waals surface area contributed by atoms with E-state index in [2.05, 4.69) is 20.2 Å². The Kier molecular flexibility index (Phi) is 9.15. The van der Waals surface area contributed by atoms with Gasteiger partial charge in [-0.1, -0.05) is 23.7 Å². The van der Waals surface area contributed by atoms with Gasteiger partial charge in [0, 0.05) is 43.9 Å². The average molecular weight is 595 g/mol. The molecule has 6 rings (SSSR count). The zero-order valence-electron chi connectivity index (χ0n) is 23.1. The number of hydrogen-bond acceptors (Lipinski definition) is 9. The summed E-state index contributed by atoms with van der Waals surface area (Å²) in [6.45, 7) is 6.04. The van der Waals surface area contributed by atoms with E-state index in [-0.39, 0.29) is 18.5 Å². The van der Waals surface area contributed by atoms with Gasteiger partial charge in [-0.25, -0.2) is 14.4 Å². The van der Waals surface area contributed by atoms with E-state index in [1.165, 1.54) is 18.5 Å². The van der Waals surface area contributed by atoms with Crippen molar-refractivity contribution in [2.75, 3.05) is 58.0 Å². The molecular weight excluding hydrogens is 563 g/mol. The summed E-state index contributed by atoms with van der Waals surface area (Å²) in [6, 6.07) is 15.4. The van der Waals surface area contributed by atoms with Crippen molar-refractivity contribution >= 4 is 34.0 Å². The first-order valence-corrected chi connectivity index (χ1v) is 14.4. The molecule has 0 aliphatic carbocycles. The number of nitrogens with one attached hydrogen (secondary N) is 1. The molecule has 2 fully saturated rings. The zero-order valence-corrected chi connectivity index (χ0v) is 23.8. The van der Waals surface area contributed by atoms with E-state index < -0.39 is 0 Å². The van der Waals surface area contributed by atoms with Gasteiger partial charge >= 0.3 is 0 Å². The molecule has 0 saturated carbocycles. The molecule has 3 aromatic carbocycles. The van der Waals surface area contributed by atoms with Gasteiger partial charge in [0.1, 0.15) is 54.5 Å². The minimum Gasteiger partial charge on any atom is -0.492 e. The Bertz CT molecular complexity index is 1510. The molecule has 2 saturated heterocycles. The highest BCUT2D eigenvalue weighted by Crippen LogP contribution is 2.37. The van der Waals surface area contributed by atoms with Gasteiger partial charge in [0.2, 0.25) is 0 Å². The third-order valence-corrected chi connectivity index (χ3v) is 7.41. The van der Waals surface area contributed by atoms with Gasteiger partial charge in [-0.3, -0.25) is 4.90 Å². The number of fused-ring (bicyclic) bond motifs is 1. The standard InChI is InChI=1S/C31H32ClFN4O5/c32-26-15-23(4-5-28(26)41-18-21-2-1-3-22(33)14-21)36-31-30-27(34-20-35-31)16-25(17-29(30)42-24-6-10-39-19-24)40-13-9-37-7-11-38-12-8-37/h1-5,14-17,20,24H,6-13,18-19H2,(H,34,35,36). The lowest BCUT2D eigenvalue weighted by molar-refractivity contribution is 0.0322. The maximum Gasteiger partial charge on any atom is 0.145 e. The van der Waals surface area contributed by atoms with Crippen molar-refractivity contribution in [3.8, 4) is 17.2 Å². The maximum atomic E-state index is 13.5. The highest BCUT2D eigenvalue weighted by atomic mass is 35.5. The van der Waals surface area contributed by atoms with Crippen LogP contribution in [0.3, 0.4) is 0 Å². The van der Waals surface area contributed by atoms with Crippen molar-refractivity contribution in [3.05, 3.63) is 77.3 Å². The number of rotatable bonds is 11. The third-order valence-electron chi connectivity index (χ3n) is 7.11. The Hall–Kier alpha value is -3.70. The number of ether oxygens (including phenoxy) is 5. The van der Waals surface area contributed by atoms with Crippen molar-refractivity contribution in [3.63, 3.8) is 0 Å². The third kappa shape index (κ3) is 7.19. The number of hydrogen-bond donors (Lipinski definition) is 1. The summed E-state index contributed by atoms with van der Waals surface area (Å²) in [5.41, 5.74) is 2.11. The topological polar surface area (TPSA) is 87.2 Å². The molecule has 1 N–H and O–H groups in total. The second-order valence-corrected chi connectivity index (χ2v) is 10.5. The summed E-state index contributed by atoms with van der Waals surface area (Å²) in [5.74, 6) is 2.04. The molecule has 3 heterocycles. The maximum absolute atomic E-state index is 13.5. The summed E-state index contributed by atoms with van der Waals surface area (Å²) in [4.78, 5) is 11.4. The smallest absolute Gasteiger partial charge is 0.145 e. The molecule has 2 aliphatic heterocycles. The molecule has 220 valence electrons. The molecule has 0 bridgehead atoms. The minimum atomic E-state index is -0.311. The number of benzene rings is 3. The summed E-state index contributed by atoms with van der Waals surface area (Å²) in [6.07, 6.45) is 2.23. The van der Waals surface area contributed by atoms with Crippen LogP contribution in [0, 0.1) is 5.82 Å². The van der Waals surface area contributed by atoms with E-state index in [4.69, 9.17) is 35.3 Å². The first-order chi connectivity index (χ1) is 20.6. The predicted octanol–water partition coefficient (Wildman–Crippen LogP) is 5.62. The predicted molar refractivity (Wildman–Crippen MR) is 158 cm³/mol. The van der Waals surface area contributed by atoms with Gasteiger partial charge in [0.25, 0.3) is 0 Å². The number of anilines is 2. The highest BCUT2D eigenvalue weighted by molar-refractivity contribution is 6.32. The van der Waals surface area contributed by atoms with Crippen LogP contribution in [0.1, 0.15) is 12.0 Å². The van der Waals surface area contributed by atoms with Gasteiger partial charge < -0.3 is 29.0 Å². The van der Waals surface area contributed by atoms with E-state index in [0.29, 0.717) is 64.7 Å². The van der Waals surface area contributed by atoms with Crippen LogP contribution in [0.25, 0.3) is 10.9 Å². The normalized spacial score (nSPS) is 17.3. The van der Waals surface area contributed by atoms with Crippen LogP contribution in [0.2, 0.25) is 5.02 Å². The van der Waals surface area contributed by atoms with Gasteiger partial charge in [0.05, 0.1) is 42.4 Å². The Labute approximate surface area is 248 Å². The number of halogens is 2. The molecule has 4 aromatic rings. The first-order valence-electron chi connectivity index (χ1n) is 14.0. The monoisotopic (exact) mass is 594 g/mol. The minimum absolute atomic E-state index is 0.0752. The van der Waals surface area contributed by atoms with Crippen molar-refractivity contribution in [2.45, 2.75) is 19.1 Å². The molecule has 0 spiro atoms. The quantitative estimate of drug-likeness (QED) is 0.238. The van der Waals surface area contributed by atoms with Crippen molar-refractivity contribution in [2.24, 2.45) is 0 Å². The van der Waals surface area contributed by atoms with Crippen molar-refractivity contribution in [1.82, 2.24) is 14.9 Å². The number of aromatic nitrogens is 2. The van der Waals surface area contributed by atoms with Crippen LogP contribution in [-0.2, 0) is 16.1 Å². The van der Waals surface area contributed by atoms with Crippen molar-refractivity contribution < 1.29 is 28.1 Å². The Morgan fingerprint density at radius 1 is 0.976 bits per heavy atom. The second-order valence-electron chi connectivity index (χ2n) is 10.1. The van der Waals surface area contributed by atoms with E-state index in [0.717, 1.165) is 44.7 Å². The summed E-state index contributed by atoms with van der Waals surface area (Å²) in [7, 11) is 0. The lowest BCUT2D eigenvalue weighted by Crippen LogP contribution is -2.38. The van der Waals surface area contributed by atoms with E-state index in [1.54, 1.807) is 24.3 Å². The molecular formula is C31H32ClFN4O5. The van der Waals surface area contributed by atoms with Crippen LogP contribution in [0.15, 0.2) is 60.9 Å². The molecule has 11 heteroatoms. The first kappa shape index (κ1) is 28.4. The molecule has 0 radical (unpaired) electrons. The van der Waals surface area contributed by atoms with Crippen LogP contribution >= 0.6 is 11.6 Å². The van der Waals surface area contributed by atoms with Crippen LogP contribution in [0.4, 0.5) is 15.9 Å². The molecule has 1 atom stereocenters. The van der Waals surface area contributed by atoms with E-state index in [1.807, 2.05) is 18.2 Å². The van der Waals surface area contributed by atoms with Crippen molar-refractivity contribution in [1.29, 1.82) is 0 Å². The highest BCUT2D eigenvalue weighted by Gasteiger charge is 2.21. The average Bonchev–Trinajstić information content (AvgIpc) is 3.50. The zero-order chi connectivity index (χ0) is 28.7. The number of nitrogens with zero attached hydrogens (tertiary/aromatic N) is 3. The molecule has 2 aliphatic rings. The van der Waals surface area contributed by atoms with Gasteiger partial charge in [-0.15, -0.1) is 0 Å². The fraction of sp³-hybridized carbons (Fsp3) is 0.355. The fourth-order valence-corrected chi connectivity index (χ4v) is 5.16. The Morgan fingerprint density at radius 3 is 2.69 bits per heavy atom. The van der Waals surface area contributed by atoms with E-state index in [9.17, 15) is 4.39 Å². The van der Waals surface area contributed by atoms with Gasteiger partial charge in [-0.2, -0.15) is 0 Å². The van der Waals surface area contributed by atoms with Crippen LogP contribution in [-0.4, -0.2) is 73.6 Å². The SMILES string of the molecule is Fc1cccc(COc2ccc(Nc3ncnc4cc(OCCN5CCOCC5)cc(OC5CCOC5)c34)cc2Cl)c1.